The number of carboxylic acid groups (broad SMARTS) is 1. The number of carbonyl (C=O) groups excluding carboxylic acids is 1. The molecule has 98 valence electrons. The summed E-state index contributed by atoms with van der Waals surface area (Å²) >= 11 is 1.24. The van der Waals surface area contributed by atoms with Gasteiger partial charge in [-0.1, -0.05) is 0 Å². The van der Waals surface area contributed by atoms with Crippen LogP contribution >= 0.6 is 11.5 Å². The fraction of sp³-hybridized carbons (Fsp3) is 0.545. The number of methoxy groups -OCH3 is 1. The Morgan fingerprint density at radius 3 is 2.78 bits per heavy atom. The summed E-state index contributed by atoms with van der Waals surface area (Å²) in [5.74, 6) is -0.891. The van der Waals surface area contributed by atoms with Crippen LogP contribution in [0.5, 0.6) is 5.88 Å². The Balaban J connectivity index is 2.07. The van der Waals surface area contributed by atoms with E-state index in [1.54, 1.807) is 12.4 Å². The zero-order valence-electron chi connectivity index (χ0n) is 10.2. The molecule has 1 aliphatic carbocycles. The van der Waals surface area contributed by atoms with Gasteiger partial charge in [0.25, 0.3) is 0 Å². The van der Waals surface area contributed by atoms with Crippen molar-refractivity contribution in [3.8, 4) is 5.88 Å². The van der Waals surface area contributed by atoms with Gasteiger partial charge in [0.05, 0.1) is 13.7 Å². The first-order valence-corrected chi connectivity index (χ1v) is 6.31. The maximum Gasteiger partial charge on any atom is 0.319 e. The van der Waals surface area contributed by atoms with Crippen molar-refractivity contribution in [3.63, 3.8) is 0 Å². The van der Waals surface area contributed by atoms with Gasteiger partial charge in [-0.3, -0.25) is 9.59 Å². The number of aromatic nitrogens is 1. The summed E-state index contributed by atoms with van der Waals surface area (Å²) < 4.78 is 9.08. The molecule has 1 fully saturated rings. The van der Waals surface area contributed by atoms with E-state index in [4.69, 9.17) is 9.84 Å². The van der Waals surface area contributed by atoms with Gasteiger partial charge in [-0.2, -0.15) is 4.37 Å². The molecular formula is C11H14N2O4S. The van der Waals surface area contributed by atoms with E-state index in [-0.39, 0.29) is 5.91 Å². The average molecular weight is 270 g/mol. The van der Waals surface area contributed by atoms with E-state index in [2.05, 4.69) is 4.37 Å². The van der Waals surface area contributed by atoms with E-state index >= 15 is 0 Å². The summed E-state index contributed by atoms with van der Waals surface area (Å²) in [5.41, 5.74) is -0.398. The van der Waals surface area contributed by atoms with Crippen LogP contribution in [0, 0.1) is 5.41 Å². The third-order valence-electron chi connectivity index (χ3n) is 3.12. The monoisotopic (exact) mass is 270 g/mol. The first-order valence-electron chi connectivity index (χ1n) is 5.47. The molecule has 1 heterocycles. The smallest absolute Gasteiger partial charge is 0.319 e. The molecule has 1 aromatic rings. The van der Waals surface area contributed by atoms with Crippen LogP contribution < -0.4 is 4.74 Å². The Hall–Kier alpha value is -1.63. The SMILES string of the molecule is COc1nscc1CN(C)C(=O)C1(C(=O)O)CC1. The standard InChI is InChI=1S/C11H14N2O4S/c1-13(5-7-6-18-12-8(7)17-2)9(14)11(3-4-11)10(15)16/h6H,3-5H2,1-2H3,(H,15,16). The van der Waals surface area contributed by atoms with Crippen molar-refractivity contribution in [2.24, 2.45) is 5.41 Å². The Kier molecular flexibility index (Phi) is 3.25. The molecule has 7 heteroatoms. The number of rotatable bonds is 5. The third kappa shape index (κ3) is 2.05. The van der Waals surface area contributed by atoms with Gasteiger partial charge in [-0.25, -0.2) is 0 Å². The van der Waals surface area contributed by atoms with Gasteiger partial charge in [-0.05, 0) is 24.4 Å². The van der Waals surface area contributed by atoms with Crippen molar-refractivity contribution in [1.82, 2.24) is 9.27 Å². The van der Waals surface area contributed by atoms with Crippen molar-refractivity contribution >= 4 is 23.4 Å². The number of aliphatic carboxylic acids is 1. The Bertz CT molecular complexity index is 481. The highest BCUT2D eigenvalue weighted by molar-refractivity contribution is 7.03. The first kappa shape index (κ1) is 12.8. The number of carboxylic acids is 1. The second-order valence-electron chi connectivity index (χ2n) is 4.40. The maximum atomic E-state index is 12.1. The van der Waals surface area contributed by atoms with Crippen LogP contribution in [0.15, 0.2) is 5.38 Å². The fourth-order valence-electron chi connectivity index (χ4n) is 1.86. The molecule has 0 aliphatic heterocycles. The van der Waals surface area contributed by atoms with Crippen LogP contribution in [-0.2, 0) is 16.1 Å². The topological polar surface area (TPSA) is 79.7 Å². The molecule has 1 aliphatic rings. The molecular weight excluding hydrogens is 256 g/mol. The summed E-state index contributed by atoms with van der Waals surface area (Å²) in [6.45, 7) is 0.313. The summed E-state index contributed by atoms with van der Waals surface area (Å²) in [5, 5.41) is 10.9. The summed E-state index contributed by atoms with van der Waals surface area (Å²) in [4.78, 5) is 24.6. The van der Waals surface area contributed by atoms with Crippen molar-refractivity contribution in [2.75, 3.05) is 14.2 Å². The van der Waals surface area contributed by atoms with Crippen LogP contribution in [-0.4, -0.2) is 40.4 Å². The molecule has 1 amide bonds. The van der Waals surface area contributed by atoms with Crippen LogP contribution in [0.25, 0.3) is 0 Å². The number of carbonyl (C=O) groups is 2. The van der Waals surface area contributed by atoms with Gasteiger partial charge in [0.2, 0.25) is 11.8 Å². The lowest BCUT2D eigenvalue weighted by Gasteiger charge is -2.20. The lowest BCUT2D eigenvalue weighted by atomic mass is 10.1. The molecule has 2 rings (SSSR count). The number of ether oxygens (including phenoxy) is 1. The number of nitrogens with zero attached hydrogens (tertiary/aromatic N) is 2. The molecule has 0 atom stereocenters. The second kappa shape index (κ2) is 4.56. The highest BCUT2D eigenvalue weighted by Gasteiger charge is 2.58. The second-order valence-corrected chi connectivity index (χ2v) is 5.03. The minimum Gasteiger partial charge on any atom is -0.480 e. The predicted octanol–water partition coefficient (Wildman–Crippen LogP) is 0.975. The molecule has 1 saturated carbocycles. The lowest BCUT2D eigenvalue weighted by molar-refractivity contribution is -0.153. The van der Waals surface area contributed by atoms with Crippen LogP contribution in [0.1, 0.15) is 18.4 Å². The Labute approximate surface area is 108 Å². The summed E-state index contributed by atoms with van der Waals surface area (Å²) in [6.07, 6.45) is 0.842. The zero-order chi connectivity index (χ0) is 13.3. The largest absolute Gasteiger partial charge is 0.480 e. The van der Waals surface area contributed by atoms with Gasteiger partial charge in [0, 0.05) is 18.0 Å². The van der Waals surface area contributed by atoms with Gasteiger partial charge in [-0.15, -0.1) is 0 Å². The van der Waals surface area contributed by atoms with Crippen molar-refractivity contribution in [3.05, 3.63) is 10.9 Å². The molecule has 1 N–H and O–H groups in total. The molecule has 0 saturated heterocycles. The number of hydrogen-bond donors (Lipinski definition) is 1. The molecule has 18 heavy (non-hydrogen) atoms. The quantitative estimate of drug-likeness (QED) is 0.807. The number of amides is 1. The molecule has 0 aromatic carbocycles. The van der Waals surface area contributed by atoms with Crippen molar-refractivity contribution < 1.29 is 19.4 Å². The highest BCUT2D eigenvalue weighted by Crippen LogP contribution is 2.47. The first-order chi connectivity index (χ1) is 8.51. The molecule has 0 bridgehead atoms. The van der Waals surface area contributed by atoms with E-state index in [1.165, 1.54) is 23.5 Å². The fourth-order valence-corrected chi connectivity index (χ4v) is 2.50. The van der Waals surface area contributed by atoms with Crippen LogP contribution in [0.4, 0.5) is 0 Å². The van der Waals surface area contributed by atoms with E-state index in [9.17, 15) is 9.59 Å². The van der Waals surface area contributed by atoms with Crippen LogP contribution in [0.3, 0.4) is 0 Å². The Morgan fingerprint density at radius 2 is 2.28 bits per heavy atom. The van der Waals surface area contributed by atoms with Gasteiger partial charge >= 0.3 is 5.97 Å². The predicted molar refractivity (Wildman–Crippen MR) is 64.4 cm³/mol. The van der Waals surface area contributed by atoms with Crippen LogP contribution in [0.2, 0.25) is 0 Å². The molecule has 0 radical (unpaired) electrons. The number of hydrogen-bond acceptors (Lipinski definition) is 5. The highest BCUT2D eigenvalue weighted by atomic mass is 32.1. The molecule has 1 aromatic heterocycles. The van der Waals surface area contributed by atoms with Gasteiger partial charge in [0.1, 0.15) is 5.41 Å². The minimum absolute atomic E-state index is 0.313. The Morgan fingerprint density at radius 1 is 1.61 bits per heavy atom. The molecule has 6 nitrogen and oxygen atoms in total. The lowest BCUT2D eigenvalue weighted by Crippen LogP contribution is -2.38. The zero-order valence-corrected chi connectivity index (χ0v) is 11.0. The maximum absolute atomic E-state index is 12.1. The minimum atomic E-state index is -1.19. The van der Waals surface area contributed by atoms with Crippen molar-refractivity contribution in [1.29, 1.82) is 0 Å². The van der Waals surface area contributed by atoms with Gasteiger partial charge < -0.3 is 14.7 Å². The normalized spacial score (nSPS) is 16.1. The molecule has 0 unspecified atom stereocenters. The van der Waals surface area contributed by atoms with E-state index < -0.39 is 11.4 Å². The summed E-state index contributed by atoms with van der Waals surface area (Å²) in [6, 6.07) is 0. The summed E-state index contributed by atoms with van der Waals surface area (Å²) in [7, 11) is 3.11. The van der Waals surface area contributed by atoms with E-state index in [0.717, 1.165) is 5.56 Å². The van der Waals surface area contributed by atoms with Crippen molar-refractivity contribution in [2.45, 2.75) is 19.4 Å². The molecule has 0 spiro atoms. The van der Waals surface area contributed by atoms with E-state index in [1.807, 2.05) is 0 Å². The van der Waals surface area contributed by atoms with Gasteiger partial charge in [0.15, 0.2) is 0 Å². The third-order valence-corrected chi connectivity index (χ3v) is 3.78. The average Bonchev–Trinajstić information content (AvgIpc) is 3.04. The van der Waals surface area contributed by atoms with E-state index in [0.29, 0.717) is 25.3 Å².